The Morgan fingerprint density at radius 3 is 2.87 bits per heavy atom. The molecule has 0 amide bonds. The van der Waals surface area contributed by atoms with Gasteiger partial charge in [0.15, 0.2) is 0 Å². The van der Waals surface area contributed by atoms with Crippen LogP contribution in [0.3, 0.4) is 0 Å². The third-order valence-corrected chi connectivity index (χ3v) is 4.19. The molecular formula is C13H17NO. The van der Waals surface area contributed by atoms with Gasteiger partial charge in [0, 0.05) is 19.0 Å². The van der Waals surface area contributed by atoms with Crippen LogP contribution in [0.4, 0.5) is 0 Å². The molecule has 2 N–H and O–H groups in total. The number of rotatable bonds is 1. The van der Waals surface area contributed by atoms with Gasteiger partial charge in [-0.2, -0.15) is 0 Å². The van der Waals surface area contributed by atoms with Gasteiger partial charge in [0.25, 0.3) is 0 Å². The van der Waals surface area contributed by atoms with Crippen molar-refractivity contribution in [1.29, 1.82) is 0 Å². The highest BCUT2D eigenvalue weighted by Crippen LogP contribution is 2.53. The van der Waals surface area contributed by atoms with Crippen LogP contribution in [0.15, 0.2) is 24.3 Å². The molecule has 1 aliphatic heterocycles. The summed E-state index contributed by atoms with van der Waals surface area (Å²) in [5, 5.41) is 13.0. The van der Waals surface area contributed by atoms with E-state index in [1.165, 1.54) is 24.8 Å². The van der Waals surface area contributed by atoms with Crippen LogP contribution in [-0.4, -0.2) is 18.2 Å². The van der Waals surface area contributed by atoms with Crippen LogP contribution in [0.5, 0.6) is 5.75 Å². The van der Waals surface area contributed by atoms with Crippen molar-refractivity contribution in [3.63, 3.8) is 0 Å². The Balaban J connectivity index is 1.93. The second kappa shape index (κ2) is 3.24. The summed E-state index contributed by atoms with van der Waals surface area (Å²) in [6, 6.07) is 7.78. The van der Waals surface area contributed by atoms with Gasteiger partial charge >= 0.3 is 0 Å². The molecule has 0 aromatic heterocycles. The van der Waals surface area contributed by atoms with Crippen LogP contribution < -0.4 is 5.32 Å². The molecule has 2 heteroatoms. The van der Waals surface area contributed by atoms with E-state index in [1.54, 1.807) is 6.07 Å². The number of hydrogen-bond acceptors (Lipinski definition) is 2. The Labute approximate surface area is 90.3 Å². The van der Waals surface area contributed by atoms with Crippen molar-refractivity contribution in [2.24, 2.45) is 5.41 Å². The number of phenols is 1. The van der Waals surface area contributed by atoms with Gasteiger partial charge in [-0.15, -0.1) is 0 Å². The molecule has 15 heavy (non-hydrogen) atoms. The van der Waals surface area contributed by atoms with Crippen molar-refractivity contribution in [2.45, 2.75) is 25.2 Å². The molecule has 2 nitrogen and oxygen atoms in total. The van der Waals surface area contributed by atoms with Crippen LogP contribution in [-0.2, 0) is 0 Å². The lowest BCUT2D eigenvalue weighted by atomic mass is 9.61. The van der Waals surface area contributed by atoms with Crippen molar-refractivity contribution < 1.29 is 5.11 Å². The Hall–Kier alpha value is -1.02. The molecule has 1 saturated carbocycles. The molecular weight excluding hydrogens is 186 g/mol. The first-order valence-corrected chi connectivity index (χ1v) is 5.80. The topological polar surface area (TPSA) is 32.3 Å². The van der Waals surface area contributed by atoms with E-state index in [2.05, 4.69) is 11.4 Å². The first kappa shape index (κ1) is 9.22. The van der Waals surface area contributed by atoms with E-state index in [4.69, 9.17) is 0 Å². The third-order valence-electron chi connectivity index (χ3n) is 4.19. The molecule has 80 valence electrons. The Morgan fingerprint density at radius 2 is 2.20 bits per heavy atom. The minimum atomic E-state index is 0.397. The van der Waals surface area contributed by atoms with Crippen LogP contribution in [0.1, 0.15) is 30.7 Å². The quantitative estimate of drug-likeness (QED) is 0.733. The molecule has 1 aromatic rings. The highest BCUT2D eigenvalue weighted by atomic mass is 16.3. The first-order chi connectivity index (χ1) is 7.30. The van der Waals surface area contributed by atoms with Gasteiger partial charge in [-0.25, -0.2) is 0 Å². The summed E-state index contributed by atoms with van der Waals surface area (Å²) >= 11 is 0. The highest BCUT2D eigenvalue weighted by Gasteiger charge is 2.47. The van der Waals surface area contributed by atoms with Gasteiger partial charge in [0.1, 0.15) is 5.75 Å². The van der Waals surface area contributed by atoms with E-state index < -0.39 is 0 Å². The van der Waals surface area contributed by atoms with Crippen LogP contribution in [0.25, 0.3) is 0 Å². The lowest BCUT2D eigenvalue weighted by Gasteiger charge is -2.43. The summed E-state index contributed by atoms with van der Waals surface area (Å²) in [5.74, 6) is 1.01. The molecule has 1 heterocycles. The minimum absolute atomic E-state index is 0.397. The van der Waals surface area contributed by atoms with Crippen molar-refractivity contribution >= 4 is 0 Å². The predicted molar refractivity (Wildman–Crippen MR) is 60.0 cm³/mol. The van der Waals surface area contributed by atoms with Gasteiger partial charge < -0.3 is 10.4 Å². The normalized spacial score (nSPS) is 27.9. The van der Waals surface area contributed by atoms with E-state index in [9.17, 15) is 5.11 Å². The van der Waals surface area contributed by atoms with E-state index in [-0.39, 0.29) is 0 Å². The van der Waals surface area contributed by atoms with Crippen molar-refractivity contribution in [3.05, 3.63) is 29.8 Å². The molecule has 1 aromatic carbocycles. The van der Waals surface area contributed by atoms with Gasteiger partial charge in [0.05, 0.1) is 0 Å². The SMILES string of the molecule is Oc1cccc([C@H]2CNCC23CCC3)c1. The molecule has 1 atom stereocenters. The zero-order valence-electron chi connectivity index (χ0n) is 8.87. The summed E-state index contributed by atoms with van der Waals surface area (Å²) in [4.78, 5) is 0. The largest absolute Gasteiger partial charge is 0.508 e. The lowest BCUT2D eigenvalue weighted by Crippen LogP contribution is -2.35. The van der Waals surface area contributed by atoms with Crippen molar-refractivity contribution in [2.75, 3.05) is 13.1 Å². The zero-order chi connectivity index (χ0) is 10.3. The Morgan fingerprint density at radius 1 is 1.33 bits per heavy atom. The van der Waals surface area contributed by atoms with E-state index in [0.717, 1.165) is 13.1 Å². The summed E-state index contributed by atoms with van der Waals surface area (Å²) in [7, 11) is 0. The molecule has 2 aliphatic rings. The molecule has 0 bridgehead atoms. The second-order valence-electron chi connectivity index (χ2n) is 4.99. The van der Waals surface area contributed by atoms with Gasteiger partial charge in [-0.3, -0.25) is 0 Å². The predicted octanol–water partition coefficient (Wildman–Crippen LogP) is 2.25. The standard InChI is InChI=1S/C13H17NO/c15-11-4-1-3-10(7-11)12-8-14-9-13(12)5-2-6-13/h1,3-4,7,12,14-15H,2,5-6,8-9H2/t12-/m1/s1. The van der Waals surface area contributed by atoms with Crippen LogP contribution in [0, 0.1) is 5.41 Å². The van der Waals surface area contributed by atoms with E-state index in [1.807, 2.05) is 12.1 Å². The summed E-state index contributed by atoms with van der Waals surface area (Å²) in [6.07, 6.45) is 4.07. The fourth-order valence-corrected chi connectivity index (χ4v) is 3.17. The number of benzene rings is 1. The summed E-state index contributed by atoms with van der Waals surface area (Å²) in [6.45, 7) is 2.23. The molecule has 3 rings (SSSR count). The lowest BCUT2D eigenvalue weighted by molar-refractivity contribution is 0.137. The van der Waals surface area contributed by atoms with E-state index in [0.29, 0.717) is 17.1 Å². The van der Waals surface area contributed by atoms with Crippen molar-refractivity contribution in [3.8, 4) is 5.75 Å². The van der Waals surface area contributed by atoms with Gasteiger partial charge in [-0.05, 0) is 36.0 Å². The van der Waals surface area contributed by atoms with E-state index >= 15 is 0 Å². The first-order valence-electron chi connectivity index (χ1n) is 5.80. The van der Waals surface area contributed by atoms with Crippen molar-refractivity contribution in [1.82, 2.24) is 5.32 Å². The third kappa shape index (κ3) is 1.36. The number of nitrogens with one attached hydrogen (secondary N) is 1. The zero-order valence-corrected chi connectivity index (χ0v) is 8.87. The van der Waals surface area contributed by atoms with Gasteiger partial charge in [-0.1, -0.05) is 18.6 Å². The van der Waals surface area contributed by atoms with Gasteiger partial charge in [0.2, 0.25) is 0 Å². The molecule has 1 spiro atoms. The molecule has 1 aliphatic carbocycles. The number of phenolic OH excluding ortho intramolecular Hbond substituents is 1. The fourth-order valence-electron chi connectivity index (χ4n) is 3.17. The fraction of sp³-hybridized carbons (Fsp3) is 0.538. The number of hydrogen-bond donors (Lipinski definition) is 2. The maximum atomic E-state index is 9.51. The van der Waals surface area contributed by atoms with Crippen LogP contribution in [0.2, 0.25) is 0 Å². The Bertz CT molecular complexity index is 371. The summed E-state index contributed by atoms with van der Waals surface area (Å²) in [5.41, 5.74) is 1.81. The second-order valence-corrected chi connectivity index (χ2v) is 4.99. The molecule has 0 radical (unpaired) electrons. The molecule has 2 fully saturated rings. The monoisotopic (exact) mass is 203 g/mol. The maximum absolute atomic E-state index is 9.51. The van der Waals surface area contributed by atoms with Crippen LogP contribution >= 0.6 is 0 Å². The highest BCUT2D eigenvalue weighted by molar-refractivity contribution is 5.33. The average molecular weight is 203 g/mol. The number of aromatic hydroxyl groups is 1. The molecule has 0 unspecified atom stereocenters. The average Bonchev–Trinajstić information content (AvgIpc) is 2.61. The minimum Gasteiger partial charge on any atom is -0.508 e. The maximum Gasteiger partial charge on any atom is 0.115 e. The smallest absolute Gasteiger partial charge is 0.115 e. The summed E-state index contributed by atoms with van der Waals surface area (Å²) < 4.78 is 0. The molecule has 1 saturated heterocycles. The Kier molecular flexibility index (Phi) is 1.99.